The van der Waals surface area contributed by atoms with Gasteiger partial charge >= 0.3 is 0 Å². The minimum atomic E-state index is -0.0945. The van der Waals surface area contributed by atoms with Crippen molar-refractivity contribution in [3.63, 3.8) is 0 Å². The molecule has 0 atom stereocenters. The Balaban J connectivity index is 2.10. The fraction of sp³-hybridized carbons (Fsp3) is 0.0667. The standard InChI is InChI=1S/C15H11BrN2O2/c1-9-13(15(19)11-6-7-17-8-11)14(18-20-9)10-2-4-12(16)5-3-10/h2-8,17H,1H3. The van der Waals surface area contributed by atoms with E-state index in [1.54, 1.807) is 25.4 Å². The number of carbonyl (C=O) groups excluding carboxylic acids is 1. The Hall–Kier alpha value is -2.14. The van der Waals surface area contributed by atoms with Crippen LogP contribution in [0.15, 0.2) is 51.7 Å². The van der Waals surface area contributed by atoms with Gasteiger partial charge in [0.05, 0.1) is 5.56 Å². The molecular formula is C15H11BrN2O2. The molecule has 0 aliphatic heterocycles. The number of hydrogen-bond donors (Lipinski definition) is 1. The van der Waals surface area contributed by atoms with E-state index in [2.05, 4.69) is 26.1 Å². The highest BCUT2D eigenvalue weighted by Crippen LogP contribution is 2.28. The molecule has 2 heterocycles. The summed E-state index contributed by atoms with van der Waals surface area (Å²) in [5.41, 5.74) is 2.52. The number of aromatic nitrogens is 2. The van der Waals surface area contributed by atoms with Gasteiger partial charge in [-0.05, 0) is 25.1 Å². The number of rotatable bonds is 3. The first-order valence-corrected chi connectivity index (χ1v) is 6.86. The van der Waals surface area contributed by atoms with Gasteiger partial charge in [-0.2, -0.15) is 0 Å². The largest absolute Gasteiger partial charge is 0.367 e. The molecule has 3 rings (SSSR count). The Kier molecular flexibility index (Phi) is 3.28. The quantitative estimate of drug-likeness (QED) is 0.739. The Morgan fingerprint density at radius 1 is 1.25 bits per heavy atom. The maximum Gasteiger partial charge on any atom is 0.200 e. The number of H-pyrrole nitrogens is 1. The molecule has 2 aromatic heterocycles. The van der Waals surface area contributed by atoms with Gasteiger partial charge in [0.1, 0.15) is 11.5 Å². The SMILES string of the molecule is Cc1onc(-c2ccc(Br)cc2)c1C(=O)c1cc[nH]c1. The van der Waals surface area contributed by atoms with Crippen molar-refractivity contribution in [1.82, 2.24) is 10.1 Å². The van der Waals surface area contributed by atoms with Crippen LogP contribution in [0.25, 0.3) is 11.3 Å². The second kappa shape index (κ2) is 5.09. The lowest BCUT2D eigenvalue weighted by molar-refractivity contribution is 0.103. The zero-order valence-corrected chi connectivity index (χ0v) is 12.3. The van der Waals surface area contributed by atoms with Crippen LogP contribution in [0.4, 0.5) is 0 Å². The van der Waals surface area contributed by atoms with E-state index in [9.17, 15) is 4.79 Å². The molecule has 0 amide bonds. The first-order valence-electron chi connectivity index (χ1n) is 6.06. The number of aryl methyl sites for hydroxylation is 1. The molecule has 0 unspecified atom stereocenters. The molecule has 100 valence electrons. The van der Waals surface area contributed by atoms with Crippen molar-refractivity contribution in [3.8, 4) is 11.3 Å². The topological polar surface area (TPSA) is 58.9 Å². The summed E-state index contributed by atoms with van der Waals surface area (Å²) in [7, 11) is 0. The van der Waals surface area contributed by atoms with Crippen molar-refractivity contribution in [1.29, 1.82) is 0 Å². The summed E-state index contributed by atoms with van der Waals surface area (Å²) in [5.74, 6) is 0.428. The molecule has 0 fully saturated rings. The molecule has 1 aromatic carbocycles. The molecule has 20 heavy (non-hydrogen) atoms. The van der Waals surface area contributed by atoms with Gasteiger partial charge in [0.25, 0.3) is 0 Å². The third-order valence-corrected chi connectivity index (χ3v) is 3.60. The molecule has 4 nitrogen and oxygen atoms in total. The van der Waals surface area contributed by atoms with E-state index in [0.29, 0.717) is 22.6 Å². The van der Waals surface area contributed by atoms with Gasteiger partial charge in [-0.1, -0.05) is 33.2 Å². The van der Waals surface area contributed by atoms with Crippen LogP contribution in [0.1, 0.15) is 21.7 Å². The number of nitrogens with zero attached hydrogens (tertiary/aromatic N) is 1. The molecule has 0 saturated heterocycles. The van der Waals surface area contributed by atoms with E-state index in [4.69, 9.17) is 4.52 Å². The van der Waals surface area contributed by atoms with Crippen LogP contribution in [-0.2, 0) is 0 Å². The van der Waals surface area contributed by atoms with Crippen molar-refractivity contribution >= 4 is 21.7 Å². The highest BCUT2D eigenvalue weighted by molar-refractivity contribution is 9.10. The third-order valence-electron chi connectivity index (χ3n) is 3.07. The Bertz CT molecular complexity index is 743. The van der Waals surface area contributed by atoms with Gasteiger partial charge in [0.15, 0.2) is 5.78 Å². The summed E-state index contributed by atoms with van der Waals surface area (Å²) in [4.78, 5) is 15.4. The number of ketones is 1. The minimum Gasteiger partial charge on any atom is -0.367 e. The van der Waals surface area contributed by atoms with E-state index < -0.39 is 0 Å². The summed E-state index contributed by atoms with van der Waals surface area (Å²) < 4.78 is 6.18. The molecule has 0 aliphatic carbocycles. The van der Waals surface area contributed by atoms with Crippen molar-refractivity contribution in [2.75, 3.05) is 0 Å². The predicted octanol–water partition coefficient (Wildman–Crippen LogP) is 3.97. The van der Waals surface area contributed by atoms with E-state index in [1.807, 2.05) is 24.3 Å². The first kappa shape index (κ1) is 12.9. The van der Waals surface area contributed by atoms with E-state index in [0.717, 1.165) is 10.0 Å². The summed E-state index contributed by atoms with van der Waals surface area (Å²) in [6, 6.07) is 9.35. The molecule has 3 aromatic rings. The third kappa shape index (κ3) is 2.20. The van der Waals surface area contributed by atoms with Crippen molar-refractivity contribution in [3.05, 3.63) is 64.1 Å². The average molecular weight is 331 g/mol. The van der Waals surface area contributed by atoms with Crippen LogP contribution in [0, 0.1) is 6.92 Å². The smallest absolute Gasteiger partial charge is 0.200 e. The highest BCUT2D eigenvalue weighted by Gasteiger charge is 2.22. The summed E-state index contributed by atoms with van der Waals surface area (Å²) >= 11 is 3.39. The number of carbonyl (C=O) groups is 1. The Morgan fingerprint density at radius 3 is 2.65 bits per heavy atom. The summed E-state index contributed by atoms with van der Waals surface area (Å²) in [6.07, 6.45) is 3.38. The predicted molar refractivity (Wildman–Crippen MR) is 78.6 cm³/mol. The van der Waals surface area contributed by atoms with Gasteiger partial charge in [0, 0.05) is 28.0 Å². The number of hydrogen-bond acceptors (Lipinski definition) is 3. The van der Waals surface area contributed by atoms with Gasteiger partial charge in [-0.25, -0.2) is 0 Å². The molecule has 0 saturated carbocycles. The van der Waals surface area contributed by atoms with Gasteiger partial charge in [-0.15, -0.1) is 0 Å². The number of benzene rings is 1. The van der Waals surface area contributed by atoms with Crippen LogP contribution in [0.3, 0.4) is 0 Å². The first-order chi connectivity index (χ1) is 9.66. The molecule has 0 aliphatic rings. The zero-order chi connectivity index (χ0) is 14.1. The van der Waals surface area contributed by atoms with Gasteiger partial charge < -0.3 is 9.51 Å². The molecule has 0 bridgehead atoms. The molecule has 0 spiro atoms. The summed E-state index contributed by atoms with van der Waals surface area (Å²) in [5, 5.41) is 4.03. The lowest BCUT2D eigenvalue weighted by Crippen LogP contribution is -2.02. The van der Waals surface area contributed by atoms with Crippen molar-refractivity contribution in [2.45, 2.75) is 6.92 Å². The van der Waals surface area contributed by atoms with Crippen LogP contribution in [0.2, 0.25) is 0 Å². The monoisotopic (exact) mass is 330 g/mol. The van der Waals surface area contributed by atoms with Crippen LogP contribution in [0.5, 0.6) is 0 Å². The lowest BCUT2D eigenvalue weighted by atomic mass is 10.00. The van der Waals surface area contributed by atoms with Gasteiger partial charge in [-0.3, -0.25) is 4.79 Å². The molecule has 0 radical (unpaired) electrons. The fourth-order valence-electron chi connectivity index (χ4n) is 2.05. The Labute approximate surface area is 123 Å². The minimum absolute atomic E-state index is 0.0945. The highest BCUT2D eigenvalue weighted by atomic mass is 79.9. The molecule has 1 N–H and O–H groups in total. The number of halogens is 1. The Morgan fingerprint density at radius 2 is 2.00 bits per heavy atom. The molecule has 5 heteroatoms. The van der Waals surface area contributed by atoms with Crippen molar-refractivity contribution < 1.29 is 9.32 Å². The average Bonchev–Trinajstić information content (AvgIpc) is 3.08. The summed E-state index contributed by atoms with van der Waals surface area (Å²) in [6.45, 7) is 1.75. The van der Waals surface area contributed by atoms with Crippen LogP contribution < -0.4 is 0 Å². The van der Waals surface area contributed by atoms with Crippen LogP contribution in [-0.4, -0.2) is 15.9 Å². The maximum absolute atomic E-state index is 12.5. The normalized spacial score (nSPS) is 10.7. The van der Waals surface area contributed by atoms with Crippen molar-refractivity contribution in [2.24, 2.45) is 0 Å². The second-order valence-electron chi connectivity index (χ2n) is 4.40. The van der Waals surface area contributed by atoms with E-state index in [-0.39, 0.29) is 5.78 Å². The van der Waals surface area contributed by atoms with E-state index in [1.165, 1.54) is 0 Å². The van der Waals surface area contributed by atoms with E-state index >= 15 is 0 Å². The van der Waals surface area contributed by atoms with Gasteiger partial charge in [0.2, 0.25) is 0 Å². The zero-order valence-electron chi connectivity index (χ0n) is 10.7. The number of aromatic amines is 1. The second-order valence-corrected chi connectivity index (χ2v) is 5.31. The lowest BCUT2D eigenvalue weighted by Gasteiger charge is -2.01. The number of nitrogens with one attached hydrogen (secondary N) is 1. The van der Waals surface area contributed by atoms with Crippen LogP contribution >= 0.6 is 15.9 Å². The fourth-order valence-corrected chi connectivity index (χ4v) is 2.32. The molecular weight excluding hydrogens is 320 g/mol. The maximum atomic E-state index is 12.5.